The van der Waals surface area contributed by atoms with E-state index in [0.29, 0.717) is 0 Å². The first-order valence-electron chi connectivity index (χ1n) is 3.46. The van der Waals surface area contributed by atoms with Crippen molar-refractivity contribution >= 4 is 0 Å². The molecule has 8 nitrogen and oxygen atoms in total. The molecular formula is H24N8. The van der Waals surface area contributed by atoms with Gasteiger partial charge in [0, 0.05) is 0 Å². The van der Waals surface area contributed by atoms with Gasteiger partial charge in [0.05, 0.1) is 0 Å². The summed E-state index contributed by atoms with van der Waals surface area (Å²) in [6, 6.07) is 0. The highest BCUT2D eigenvalue weighted by atomic mass is 14.0. The molecule has 0 aromatic heterocycles. The van der Waals surface area contributed by atoms with E-state index in [9.17, 15) is 0 Å². The lowest BCUT2D eigenvalue weighted by molar-refractivity contribution is 2.13. The zero-order chi connectivity index (χ0) is 12.0. The Kier molecular flexibility index (Phi) is 2790. The van der Waals surface area contributed by atoms with Gasteiger partial charge in [-0.1, -0.05) is 0 Å². The summed E-state index contributed by atoms with van der Waals surface area (Å²) in [5.74, 6) is 0. The van der Waals surface area contributed by atoms with E-state index < -0.39 is 0 Å². The lowest BCUT2D eigenvalue weighted by Crippen LogP contribution is -0.482. The summed E-state index contributed by atoms with van der Waals surface area (Å²) in [6.45, 7) is 0. The minimum Gasteiger partial charge on any atom is -0.344 e. The van der Waals surface area contributed by atoms with Gasteiger partial charge >= 0.3 is 0 Å². The Balaban J connectivity index is -0.00000000500. The molecule has 24 N–H and O–H groups in total. The fourth-order valence-corrected chi connectivity index (χ4v) is 0. The highest BCUT2D eigenvalue weighted by Crippen LogP contribution is -0.474. The van der Waals surface area contributed by atoms with E-state index in [1.54, 1.807) is 0 Å². The Morgan fingerprint density at radius 2 is 0.625 bits per heavy atom. The Labute approximate surface area is 59.2 Å². The van der Waals surface area contributed by atoms with Crippen molar-refractivity contribution < 1.29 is 8.47 Å². The van der Waals surface area contributed by atoms with Crippen LogP contribution in [0.3, 0.4) is 0 Å². The van der Waals surface area contributed by atoms with Crippen LogP contribution in [0.2, 0.25) is 8.47 Å². The van der Waals surface area contributed by atoms with E-state index in [0.717, 1.165) is 0 Å². The number of rotatable bonds is 0. The Bertz CT molecular complexity index is 13.8. The number of hydrogen-bond acceptors (Lipinski definition) is 8. The quantitative estimate of drug-likeness (QED) is 0.245. The lowest BCUT2D eigenvalue weighted by atomic mass is 14.0. The third kappa shape index (κ3) is 1210. The zero-order valence-electron chi connectivity index (χ0n) is 10.9. The molecule has 0 unspecified atom stereocenters. The molecule has 0 aromatic carbocycles. The van der Waals surface area contributed by atoms with E-state index in [-0.39, 0.29) is 12.3 Å². The second-order valence-electron chi connectivity index (χ2n) is 0. The van der Waals surface area contributed by atoms with Gasteiger partial charge in [0.2, 0.25) is 0 Å². The third-order valence-corrected chi connectivity index (χ3v) is 0. The van der Waals surface area contributed by atoms with E-state index in [4.69, 9.17) is 8.47 Å². The second kappa shape index (κ2) is 2100. The van der Waals surface area contributed by atoms with E-state index in [1.165, 1.54) is 0 Å². The summed E-state index contributed by atoms with van der Waals surface area (Å²) >= 11 is 0. The van der Waals surface area contributed by atoms with Gasteiger partial charge in [-0.3, -0.25) is 0 Å². The van der Waals surface area contributed by atoms with Crippen molar-refractivity contribution in [3.05, 3.63) is 0 Å². The number of hydrogen-bond donors (Lipinski definition) is 8. The highest BCUT2D eigenvalue weighted by molar-refractivity contribution is 2.14. The molecule has 0 aliphatic rings. The first kappa shape index (κ1) is 10.6. The average Bonchev–Trinajstić information content (AvgIpc) is 2.33. The summed E-state index contributed by atoms with van der Waals surface area (Å²) in [6.07, 6.45) is 22.5. The molecule has 0 heterocycles. The van der Waals surface area contributed by atoms with Crippen LogP contribution in [0.1, 0.15) is 0 Å². The van der Waals surface area contributed by atoms with Crippen molar-refractivity contribution in [3.63, 3.8) is 0 Å². The van der Waals surface area contributed by atoms with Crippen molar-refractivity contribution in [1.82, 2.24) is 49.2 Å². The van der Waals surface area contributed by atoms with Crippen LogP contribution in [0.15, 0.2) is 0 Å². The van der Waals surface area contributed by atoms with Crippen molar-refractivity contribution in [2.24, 2.45) is 0 Å². The molecule has 0 atom stereocenters. The normalized spacial score (nSPS) is 5.25. The first-order valence-corrected chi connectivity index (χ1v) is 0. The van der Waals surface area contributed by atoms with Crippen molar-refractivity contribution in [2.45, 2.75) is 0 Å². The summed E-state index contributed by atoms with van der Waals surface area (Å²) in [5.41, 5.74) is 0. The molecule has 8 heavy (non-hydrogen) atoms. The largest absolute Gasteiger partial charge is 0.344 e. The minimum absolute atomic E-state index is 0. The summed E-state index contributed by atoms with van der Waals surface area (Å²) in [5, 5.41) is 0. The van der Waals surface area contributed by atoms with Crippen LogP contribution in [0.4, 0.5) is 0 Å². The molecule has 0 bridgehead atoms. The van der Waals surface area contributed by atoms with Gasteiger partial charge in [0.15, 0.2) is 0 Å². The lowest BCUT2D eigenvalue weighted by Gasteiger charge is -0.345. The minimum atomic E-state index is 0. The van der Waals surface area contributed by atoms with Crippen LogP contribution in [-0.2, 0) is 0 Å². The van der Waals surface area contributed by atoms with Crippen molar-refractivity contribution in [1.29, 1.82) is 0 Å². The molecule has 0 aliphatic heterocycles. The van der Waals surface area contributed by atoms with Crippen LogP contribution >= 0.6 is 0 Å². The topological polar surface area (TPSA) is 280 Å². The van der Waals surface area contributed by atoms with Crippen molar-refractivity contribution in [2.75, 3.05) is 0 Å². The van der Waals surface area contributed by atoms with Gasteiger partial charge < -0.3 is 49.2 Å². The summed E-state index contributed by atoms with van der Waals surface area (Å²) in [4.78, 5) is 0. The van der Waals surface area contributed by atoms with Gasteiger partial charge in [0.25, 0.3) is 0 Å². The first-order chi connectivity index (χ1) is 6.00. The molecule has 0 aliphatic carbocycles. The fourth-order valence-electron chi connectivity index (χ4n) is 0. The average molecular weight is 145 g/mol. The molecule has 0 spiro atoms. The van der Waals surface area contributed by atoms with Gasteiger partial charge in [-0.15, -0.1) is 0 Å². The predicted molar refractivity (Wildman–Crippen MR) is 40.2 cm³/mol. The van der Waals surface area contributed by atoms with Crippen LogP contribution in [-0.4, -0.2) is 0 Å². The second-order valence-corrected chi connectivity index (χ2v) is 0. The Morgan fingerprint density at radius 3 is 0.625 bits per heavy atom. The molecule has 0 radical (unpaired) electrons. The van der Waals surface area contributed by atoms with E-state index >= 15 is 0 Å². The summed E-state index contributed by atoms with van der Waals surface area (Å²) in [7, 11) is 0. The maximum Gasteiger partial charge on any atom is 0.115 e. The maximum atomic E-state index is 5.25. The molecule has 0 saturated carbocycles. The Hall–Kier alpha value is -0.320. The van der Waals surface area contributed by atoms with Gasteiger partial charge in [-0.2, -0.15) is 0 Å². The summed E-state index contributed by atoms with van der Waals surface area (Å²) < 4.78 is 31.5. The maximum absolute atomic E-state index is 5.25. The van der Waals surface area contributed by atoms with Crippen LogP contribution in [0, 0.1) is 0 Å². The van der Waals surface area contributed by atoms with Crippen molar-refractivity contribution in [3.8, 4) is 0 Å². The molecule has 0 rings (SSSR count). The Morgan fingerprint density at radius 1 is 0.625 bits per heavy atom. The van der Waals surface area contributed by atoms with Gasteiger partial charge in [-0.25, -0.2) is 0 Å². The molecule has 0 saturated heterocycles. The van der Waals surface area contributed by atoms with Crippen LogP contribution in [0.5, 0.6) is 0 Å². The SMILES string of the molecule is N.N.[2H]N.[2H]N.[2H]N.[3H]N.[3H]N.[3H]N. The molecular weight excluding hydrogens is 112 g/mol. The highest BCUT2D eigenvalue weighted by Gasteiger charge is -0.337. The van der Waals surface area contributed by atoms with Crippen LogP contribution < -0.4 is 49.2 Å². The molecule has 0 fully saturated rings. The standard InChI is InChI=1S/8H3N/h8*1H3/i/hT3D3. The molecule has 8 heteroatoms. The predicted octanol–water partition coefficient (Wildman–Crippen LogP) is 1.30. The van der Waals surface area contributed by atoms with E-state index in [2.05, 4.69) is 36.9 Å². The smallest absolute Gasteiger partial charge is 0.115 e. The molecule has 0 aromatic rings. The fraction of sp³-hybridized carbons (Fsp3) is 0. The molecule has 0 amide bonds. The molecule has 64 valence electrons. The van der Waals surface area contributed by atoms with E-state index in [1.807, 2.05) is 0 Å². The monoisotopic (exact) mass is 145 g/mol. The van der Waals surface area contributed by atoms with Gasteiger partial charge in [-0.05, 0) is 0 Å². The third-order valence-electron chi connectivity index (χ3n) is 0. The zero-order valence-corrected chi connectivity index (χ0v) is 4.88. The van der Waals surface area contributed by atoms with Crippen LogP contribution in [0.25, 0.3) is 0 Å². The van der Waals surface area contributed by atoms with Gasteiger partial charge in [0.1, 0.15) is 8.47 Å².